The van der Waals surface area contributed by atoms with Crippen LogP contribution in [0.25, 0.3) is 0 Å². The molecule has 0 aromatic heterocycles. The molecule has 4 nitrogen and oxygen atoms in total. The molecule has 0 bridgehead atoms. The second-order valence-electron chi connectivity index (χ2n) is 6.88. The van der Waals surface area contributed by atoms with Gasteiger partial charge in [-0.25, -0.2) is 22.4 Å². The zero-order chi connectivity index (χ0) is 20.1. The third kappa shape index (κ3) is 5.22. The topological polar surface area (TPSA) is 44.4 Å². The zero-order valence-corrected chi connectivity index (χ0v) is 15.2. The van der Waals surface area contributed by atoms with E-state index in [-0.39, 0.29) is 18.0 Å². The summed E-state index contributed by atoms with van der Waals surface area (Å²) in [7, 11) is 0. The van der Waals surface area contributed by atoms with Crippen LogP contribution >= 0.6 is 0 Å². The SMILES string of the molecule is O=C(Nc1c(F)cccc1F)N(Cc1cc(F)cc(F)c1)CC1CCNCC1. The van der Waals surface area contributed by atoms with Crippen molar-refractivity contribution in [2.24, 2.45) is 5.92 Å². The van der Waals surface area contributed by atoms with Gasteiger partial charge in [0.1, 0.15) is 29.0 Å². The van der Waals surface area contributed by atoms with Crippen LogP contribution in [-0.2, 0) is 6.54 Å². The lowest BCUT2D eigenvalue weighted by Gasteiger charge is -2.30. The molecular weight excluding hydrogens is 374 g/mol. The van der Waals surface area contributed by atoms with Crippen molar-refractivity contribution in [1.82, 2.24) is 10.2 Å². The highest BCUT2D eigenvalue weighted by atomic mass is 19.1. The van der Waals surface area contributed by atoms with E-state index in [4.69, 9.17) is 0 Å². The number of piperidine rings is 1. The zero-order valence-electron chi connectivity index (χ0n) is 15.2. The number of nitrogens with one attached hydrogen (secondary N) is 2. The number of para-hydroxylation sites is 1. The molecule has 8 heteroatoms. The third-order valence-electron chi connectivity index (χ3n) is 4.71. The molecule has 28 heavy (non-hydrogen) atoms. The molecule has 0 spiro atoms. The second-order valence-corrected chi connectivity index (χ2v) is 6.88. The Bertz CT molecular complexity index is 800. The number of hydrogen-bond acceptors (Lipinski definition) is 2. The first-order valence-electron chi connectivity index (χ1n) is 9.08. The molecule has 0 radical (unpaired) electrons. The average Bonchev–Trinajstić information content (AvgIpc) is 2.64. The lowest BCUT2D eigenvalue weighted by Crippen LogP contribution is -2.41. The summed E-state index contributed by atoms with van der Waals surface area (Å²) in [6.45, 7) is 1.83. The minimum Gasteiger partial charge on any atom is -0.320 e. The monoisotopic (exact) mass is 395 g/mol. The van der Waals surface area contributed by atoms with Crippen LogP contribution in [0.3, 0.4) is 0 Å². The maximum Gasteiger partial charge on any atom is 0.322 e. The maximum atomic E-state index is 13.9. The number of hydrogen-bond donors (Lipinski definition) is 2. The van der Waals surface area contributed by atoms with Crippen molar-refractivity contribution >= 4 is 11.7 Å². The Balaban J connectivity index is 1.80. The van der Waals surface area contributed by atoms with Gasteiger partial charge in [-0.3, -0.25) is 0 Å². The number of rotatable bonds is 5. The first-order chi connectivity index (χ1) is 13.4. The fourth-order valence-corrected chi connectivity index (χ4v) is 3.32. The van der Waals surface area contributed by atoms with Gasteiger partial charge in [0.05, 0.1) is 0 Å². The van der Waals surface area contributed by atoms with E-state index in [2.05, 4.69) is 10.6 Å². The highest BCUT2D eigenvalue weighted by Gasteiger charge is 2.23. The summed E-state index contributed by atoms with van der Waals surface area (Å²) in [5.74, 6) is -3.12. The molecule has 1 heterocycles. The van der Waals surface area contributed by atoms with Crippen LogP contribution in [0, 0.1) is 29.2 Å². The molecule has 1 aliphatic rings. The Morgan fingerprint density at radius 1 is 1.04 bits per heavy atom. The van der Waals surface area contributed by atoms with Gasteiger partial charge in [-0.15, -0.1) is 0 Å². The smallest absolute Gasteiger partial charge is 0.320 e. The van der Waals surface area contributed by atoms with Gasteiger partial charge in [0, 0.05) is 19.2 Å². The number of carbonyl (C=O) groups excluding carboxylic acids is 1. The number of urea groups is 1. The van der Waals surface area contributed by atoms with Crippen LogP contribution in [0.5, 0.6) is 0 Å². The minimum atomic E-state index is -0.896. The van der Waals surface area contributed by atoms with E-state index >= 15 is 0 Å². The average molecular weight is 395 g/mol. The summed E-state index contributed by atoms with van der Waals surface area (Å²) in [6.07, 6.45) is 1.66. The van der Waals surface area contributed by atoms with Gasteiger partial charge in [0.2, 0.25) is 0 Å². The fourth-order valence-electron chi connectivity index (χ4n) is 3.32. The third-order valence-corrected chi connectivity index (χ3v) is 4.71. The molecule has 2 aromatic carbocycles. The van der Waals surface area contributed by atoms with Crippen LogP contribution in [0.1, 0.15) is 18.4 Å². The maximum absolute atomic E-state index is 13.9. The summed E-state index contributed by atoms with van der Waals surface area (Å²) >= 11 is 0. The summed E-state index contributed by atoms with van der Waals surface area (Å²) in [5, 5.41) is 5.47. The Morgan fingerprint density at radius 2 is 1.64 bits per heavy atom. The van der Waals surface area contributed by atoms with Crippen molar-refractivity contribution in [2.45, 2.75) is 19.4 Å². The van der Waals surface area contributed by atoms with Crippen molar-refractivity contribution in [1.29, 1.82) is 0 Å². The number of anilines is 1. The van der Waals surface area contributed by atoms with Crippen LogP contribution in [0.15, 0.2) is 36.4 Å². The van der Waals surface area contributed by atoms with E-state index in [1.807, 2.05) is 0 Å². The van der Waals surface area contributed by atoms with Gasteiger partial charge in [-0.05, 0) is 61.7 Å². The molecule has 1 saturated heterocycles. The first-order valence-corrected chi connectivity index (χ1v) is 9.08. The Kier molecular flexibility index (Phi) is 6.51. The molecule has 0 atom stereocenters. The number of benzene rings is 2. The summed E-state index contributed by atoms with van der Waals surface area (Å²) in [4.78, 5) is 14.1. The van der Waals surface area contributed by atoms with Crippen LogP contribution in [0.4, 0.5) is 28.0 Å². The Labute approximate surface area is 160 Å². The highest BCUT2D eigenvalue weighted by molar-refractivity contribution is 5.89. The minimum absolute atomic E-state index is 0.0828. The molecule has 2 aromatic rings. The van der Waals surface area contributed by atoms with E-state index in [0.717, 1.165) is 56.3 Å². The molecule has 3 rings (SSSR count). The van der Waals surface area contributed by atoms with Crippen molar-refractivity contribution in [3.63, 3.8) is 0 Å². The Morgan fingerprint density at radius 3 is 2.25 bits per heavy atom. The highest BCUT2D eigenvalue weighted by Crippen LogP contribution is 2.21. The normalized spacial score (nSPS) is 14.7. The molecular formula is C20H21F4N3O. The van der Waals surface area contributed by atoms with Crippen LogP contribution < -0.4 is 10.6 Å². The van der Waals surface area contributed by atoms with E-state index in [1.165, 1.54) is 11.0 Å². The number of amides is 2. The van der Waals surface area contributed by atoms with Gasteiger partial charge in [-0.1, -0.05) is 6.07 Å². The predicted molar refractivity (Wildman–Crippen MR) is 97.7 cm³/mol. The largest absolute Gasteiger partial charge is 0.322 e. The van der Waals surface area contributed by atoms with E-state index in [0.29, 0.717) is 6.54 Å². The standard InChI is InChI=1S/C20H21F4N3O/c21-15-8-14(9-16(22)10-15)12-27(11-13-4-6-25-7-5-13)20(28)26-19-17(23)2-1-3-18(19)24/h1-3,8-10,13,25H,4-7,11-12H2,(H,26,28). The number of halogens is 4. The van der Waals surface area contributed by atoms with Crippen LogP contribution in [-0.4, -0.2) is 30.6 Å². The summed E-state index contributed by atoms with van der Waals surface area (Å²) in [6, 6.07) is 5.56. The summed E-state index contributed by atoms with van der Waals surface area (Å²) in [5.41, 5.74) is -0.288. The lowest BCUT2D eigenvalue weighted by molar-refractivity contribution is 0.188. The van der Waals surface area contributed by atoms with Gasteiger partial charge in [0.15, 0.2) is 0 Å². The van der Waals surface area contributed by atoms with E-state index in [9.17, 15) is 22.4 Å². The van der Waals surface area contributed by atoms with E-state index < -0.39 is 35.0 Å². The van der Waals surface area contributed by atoms with Crippen LogP contribution in [0.2, 0.25) is 0 Å². The lowest BCUT2D eigenvalue weighted by atomic mass is 9.97. The number of carbonyl (C=O) groups is 1. The molecule has 2 N–H and O–H groups in total. The summed E-state index contributed by atoms with van der Waals surface area (Å²) < 4.78 is 54.8. The van der Waals surface area contributed by atoms with Crippen molar-refractivity contribution < 1.29 is 22.4 Å². The van der Waals surface area contributed by atoms with Crippen molar-refractivity contribution in [3.05, 3.63) is 65.2 Å². The fraction of sp³-hybridized carbons (Fsp3) is 0.350. The van der Waals surface area contributed by atoms with Crippen molar-refractivity contribution in [3.8, 4) is 0 Å². The van der Waals surface area contributed by atoms with Gasteiger partial charge < -0.3 is 15.5 Å². The van der Waals surface area contributed by atoms with Gasteiger partial charge in [-0.2, -0.15) is 0 Å². The first kappa shape index (κ1) is 20.1. The Hall–Kier alpha value is -2.61. The molecule has 0 unspecified atom stereocenters. The second kappa shape index (κ2) is 9.05. The quantitative estimate of drug-likeness (QED) is 0.743. The molecule has 1 aliphatic heterocycles. The molecule has 150 valence electrons. The van der Waals surface area contributed by atoms with Gasteiger partial charge in [0.25, 0.3) is 0 Å². The molecule has 0 aliphatic carbocycles. The molecule has 2 amide bonds. The number of nitrogens with zero attached hydrogens (tertiary/aromatic N) is 1. The molecule has 0 saturated carbocycles. The van der Waals surface area contributed by atoms with E-state index in [1.54, 1.807) is 0 Å². The molecule has 1 fully saturated rings. The van der Waals surface area contributed by atoms with Crippen molar-refractivity contribution in [2.75, 3.05) is 25.0 Å². The predicted octanol–water partition coefficient (Wildman–Crippen LogP) is 4.28. The van der Waals surface area contributed by atoms with Gasteiger partial charge >= 0.3 is 6.03 Å².